The van der Waals surface area contributed by atoms with E-state index in [0.29, 0.717) is 25.3 Å². The van der Waals surface area contributed by atoms with E-state index >= 15 is 0 Å². The number of halogens is 1. The fourth-order valence-electron chi connectivity index (χ4n) is 2.01. The molecule has 0 spiro atoms. The average Bonchev–Trinajstić information content (AvgIpc) is 2.30. The summed E-state index contributed by atoms with van der Waals surface area (Å²) >= 11 is 0. The van der Waals surface area contributed by atoms with Gasteiger partial charge in [-0.25, -0.2) is 4.39 Å². The summed E-state index contributed by atoms with van der Waals surface area (Å²) in [4.78, 5) is 11.7. The maximum absolute atomic E-state index is 12.9. The van der Waals surface area contributed by atoms with Crippen LogP contribution in [0.15, 0.2) is 18.2 Å². The predicted octanol–water partition coefficient (Wildman–Crippen LogP) is 2.17. The minimum atomic E-state index is -0.450. The van der Waals surface area contributed by atoms with Crippen LogP contribution in [0.3, 0.4) is 0 Å². The maximum atomic E-state index is 12.9. The van der Waals surface area contributed by atoms with Crippen molar-refractivity contribution in [3.8, 4) is 0 Å². The molecule has 0 saturated carbocycles. The van der Waals surface area contributed by atoms with Gasteiger partial charge >= 0.3 is 0 Å². The summed E-state index contributed by atoms with van der Waals surface area (Å²) in [5.41, 5.74) is 7.73. The molecule has 0 fully saturated rings. The first-order chi connectivity index (χ1) is 8.90. The van der Waals surface area contributed by atoms with Crippen molar-refractivity contribution in [2.75, 3.05) is 6.54 Å². The molecule has 0 aliphatic heterocycles. The van der Waals surface area contributed by atoms with Gasteiger partial charge in [0.2, 0.25) is 5.91 Å². The molecule has 0 unspecified atom stereocenters. The molecule has 0 aromatic heterocycles. The molecule has 4 heteroatoms. The molecule has 0 aliphatic rings. The van der Waals surface area contributed by atoms with Crippen molar-refractivity contribution in [2.24, 2.45) is 11.7 Å². The Labute approximate surface area is 114 Å². The van der Waals surface area contributed by atoms with Crippen molar-refractivity contribution in [3.05, 3.63) is 35.1 Å². The van der Waals surface area contributed by atoms with Crippen molar-refractivity contribution in [1.82, 2.24) is 5.32 Å². The Morgan fingerprint density at radius 1 is 1.42 bits per heavy atom. The standard InChI is InChI=1S/C15H23FN2O/c1-10(2)8-14(17)15(19)18-7-6-12-4-5-13(16)9-11(12)3/h4-5,9-10,14H,6-8,17H2,1-3H3,(H,18,19)/t14-/m0/s1. The Morgan fingerprint density at radius 2 is 2.11 bits per heavy atom. The zero-order chi connectivity index (χ0) is 14.4. The van der Waals surface area contributed by atoms with Gasteiger partial charge in [-0.05, 0) is 48.9 Å². The number of benzene rings is 1. The van der Waals surface area contributed by atoms with E-state index in [1.807, 2.05) is 20.8 Å². The third-order valence-corrected chi connectivity index (χ3v) is 3.06. The molecule has 19 heavy (non-hydrogen) atoms. The van der Waals surface area contributed by atoms with Gasteiger partial charge in [0, 0.05) is 6.54 Å². The van der Waals surface area contributed by atoms with Gasteiger partial charge in [-0.3, -0.25) is 4.79 Å². The number of nitrogens with one attached hydrogen (secondary N) is 1. The van der Waals surface area contributed by atoms with Gasteiger partial charge in [0.1, 0.15) is 5.82 Å². The lowest BCUT2D eigenvalue weighted by Gasteiger charge is -2.14. The van der Waals surface area contributed by atoms with E-state index in [1.54, 1.807) is 6.07 Å². The summed E-state index contributed by atoms with van der Waals surface area (Å²) < 4.78 is 12.9. The first kappa shape index (κ1) is 15.6. The van der Waals surface area contributed by atoms with E-state index in [0.717, 1.165) is 11.1 Å². The Balaban J connectivity index is 2.39. The topological polar surface area (TPSA) is 55.1 Å². The van der Waals surface area contributed by atoms with Crippen LogP contribution in [0.25, 0.3) is 0 Å². The summed E-state index contributed by atoms with van der Waals surface area (Å²) in [5, 5.41) is 2.82. The highest BCUT2D eigenvalue weighted by atomic mass is 19.1. The minimum absolute atomic E-state index is 0.117. The highest BCUT2D eigenvalue weighted by Gasteiger charge is 2.14. The lowest BCUT2D eigenvalue weighted by molar-refractivity contribution is -0.122. The molecule has 3 N–H and O–H groups in total. The summed E-state index contributed by atoms with van der Waals surface area (Å²) in [6, 6.07) is 4.25. The third-order valence-electron chi connectivity index (χ3n) is 3.06. The fourth-order valence-corrected chi connectivity index (χ4v) is 2.01. The van der Waals surface area contributed by atoms with Crippen LogP contribution < -0.4 is 11.1 Å². The minimum Gasteiger partial charge on any atom is -0.354 e. The molecule has 1 aromatic carbocycles. The summed E-state index contributed by atoms with van der Waals surface area (Å²) in [6.07, 6.45) is 1.37. The van der Waals surface area contributed by atoms with Crippen LogP contribution in [-0.2, 0) is 11.2 Å². The largest absolute Gasteiger partial charge is 0.354 e. The molecule has 0 saturated heterocycles. The first-order valence-electron chi connectivity index (χ1n) is 6.68. The third kappa shape index (κ3) is 5.39. The van der Waals surface area contributed by atoms with Crippen LogP contribution in [0.4, 0.5) is 4.39 Å². The SMILES string of the molecule is Cc1cc(F)ccc1CCNC(=O)[C@@H](N)CC(C)C. The molecule has 0 aliphatic carbocycles. The molecule has 0 radical (unpaired) electrons. The molecule has 106 valence electrons. The number of hydrogen-bond acceptors (Lipinski definition) is 2. The summed E-state index contributed by atoms with van der Waals surface area (Å²) in [5.74, 6) is 0.0535. The average molecular weight is 266 g/mol. The summed E-state index contributed by atoms with van der Waals surface area (Å²) in [7, 11) is 0. The van der Waals surface area contributed by atoms with Crippen LogP contribution in [0.2, 0.25) is 0 Å². The second kappa shape index (κ2) is 7.24. The van der Waals surface area contributed by atoms with E-state index < -0.39 is 6.04 Å². The van der Waals surface area contributed by atoms with Crippen molar-refractivity contribution in [1.29, 1.82) is 0 Å². The lowest BCUT2D eigenvalue weighted by atomic mass is 10.0. The molecule has 0 heterocycles. The molecule has 1 rings (SSSR count). The number of aryl methyl sites for hydroxylation is 1. The molecule has 1 aromatic rings. The molecular weight excluding hydrogens is 243 g/mol. The van der Waals surface area contributed by atoms with Crippen LogP contribution in [0.5, 0.6) is 0 Å². The second-order valence-corrected chi connectivity index (χ2v) is 5.35. The quantitative estimate of drug-likeness (QED) is 0.829. The molecule has 1 amide bonds. The van der Waals surface area contributed by atoms with Gasteiger partial charge in [-0.2, -0.15) is 0 Å². The highest BCUT2D eigenvalue weighted by molar-refractivity contribution is 5.81. The maximum Gasteiger partial charge on any atom is 0.236 e. The van der Waals surface area contributed by atoms with Crippen LogP contribution in [0.1, 0.15) is 31.4 Å². The van der Waals surface area contributed by atoms with Crippen molar-refractivity contribution in [2.45, 2.75) is 39.7 Å². The van der Waals surface area contributed by atoms with E-state index in [1.165, 1.54) is 12.1 Å². The second-order valence-electron chi connectivity index (χ2n) is 5.35. The lowest BCUT2D eigenvalue weighted by Crippen LogP contribution is -2.42. The molecular formula is C15H23FN2O. The molecule has 0 bridgehead atoms. The zero-order valence-corrected chi connectivity index (χ0v) is 11.9. The predicted molar refractivity (Wildman–Crippen MR) is 75.3 cm³/mol. The Kier molecular flexibility index (Phi) is 5.96. The highest BCUT2D eigenvalue weighted by Crippen LogP contribution is 2.10. The van der Waals surface area contributed by atoms with Crippen molar-refractivity contribution in [3.63, 3.8) is 0 Å². The van der Waals surface area contributed by atoms with Gasteiger partial charge in [0.15, 0.2) is 0 Å². The Hall–Kier alpha value is -1.42. The number of carbonyl (C=O) groups is 1. The Bertz CT molecular complexity index is 432. The smallest absolute Gasteiger partial charge is 0.236 e. The van der Waals surface area contributed by atoms with Crippen LogP contribution in [-0.4, -0.2) is 18.5 Å². The van der Waals surface area contributed by atoms with Gasteiger partial charge in [-0.15, -0.1) is 0 Å². The number of hydrogen-bond donors (Lipinski definition) is 2. The fraction of sp³-hybridized carbons (Fsp3) is 0.533. The molecule has 1 atom stereocenters. The van der Waals surface area contributed by atoms with Crippen molar-refractivity contribution < 1.29 is 9.18 Å². The van der Waals surface area contributed by atoms with Gasteiger partial charge in [0.25, 0.3) is 0 Å². The Morgan fingerprint density at radius 3 is 2.68 bits per heavy atom. The first-order valence-corrected chi connectivity index (χ1v) is 6.68. The van der Waals surface area contributed by atoms with E-state index in [-0.39, 0.29) is 11.7 Å². The molecule has 3 nitrogen and oxygen atoms in total. The number of rotatable bonds is 6. The van der Waals surface area contributed by atoms with Gasteiger partial charge in [-0.1, -0.05) is 19.9 Å². The normalized spacial score (nSPS) is 12.5. The monoisotopic (exact) mass is 266 g/mol. The van der Waals surface area contributed by atoms with Gasteiger partial charge < -0.3 is 11.1 Å². The van der Waals surface area contributed by atoms with Gasteiger partial charge in [0.05, 0.1) is 6.04 Å². The van der Waals surface area contributed by atoms with E-state index in [2.05, 4.69) is 5.32 Å². The number of carbonyl (C=O) groups excluding carboxylic acids is 1. The van der Waals surface area contributed by atoms with E-state index in [4.69, 9.17) is 5.73 Å². The number of nitrogens with two attached hydrogens (primary N) is 1. The zero-order valence-electron chi connectivity index (χ0n) is 11.9. The van der Waals surface area contributed by atoms with Crippen LogP contribution in [0, 0.1) is 18.7 Å². The van der Waals surface area contributed by atoms with Crippen LogP contribution >= 0.6 is 0 Å². The van der Waals surface area contributed by atoms with Crippen molar-refractivity contribution >= 4 is 5.91 Å². The summed E-state index contributed by atoms with van der Waals surface area (Å²) in [6.45, 7) is 6.46. The van der Waals surface area contributed by atoms with E-state index in [9.17, 15) is 9.18 Å². The number of amides is 1.